The van der Waals surface area contributed by atoms with Gasteiger partial charge in [0.25, 0.3) is 5.91 Å². The average Bonchev–Trinajstić information content (AvgIpc) is 3.47. The number of hydrogen-bond acceptors (Lipinski definition) is 6. The fourth-order valence-electron chi connectivity index (χ4n) is 2.84. The maximum absolute atomic E-state index is 12.6. The summed E-state index contributed by atoms with van der Waals surface area (Å²) in [5.74, 6) is 0.464. The summed E-state index contributed by atoms with van der Waals surface area (Å²) < 4.78 is 5.41. The number of morpholine rings is 1. The van der Waals surface area contributed by atoms with E-state index < -0.39 is 0 Å². The Bertz CT molecular complexity index is 757. The molecule has 4 rings (SSSR count). The first-order chi connectivity index (χ1) is 12.3. The summed E-state index contributed by atoms with van der Waals surface area (Å²) in [5.41, 5.74) is 2.14. The van der Waals surface area contributed by atoms with Gasteiger partial charge in [-0.1, -0.05) is 12.1 Å². The van der Waals surface area contributed by atoms with E-state index in [-0.39, 0.29) is 5.91 Å². The molecule has 2 aliphatic rings. The Hall–Kier alpha value is -2.67. The third-order valence-electron chi connectivity index (χ3n) is 4.33. The van der Waals surface area contributed by atoms with Crippen LogP contribution in [-0.2, 0) is 4.74 Å². The van der Waals surface area contributed by atoms with Crippen molar-refractivity contribution in [1.29, 1.82) is 0 Å². The standard InChI is InChI=1S/C18H21N5O2/c24-18(15-11-17(20-12-19-15)21-13-5-6-13)22-14-3-1-2-4-16(14)23-7-9-25-10-8-23/h1-4,11-13H,5-10H2,(H,22,24)(H,19,20,21). The van der Waals surface area contributed by atoms with E-state index in [0.29, 0.717) is 30.8 Å². The highest BCUT2D eigenvalue weighted by atomic mass is 16.5. The maximum atomic E-state index is 12.6. The van der Waals surface area contributed by atoms with E-state index in [4.69, 9.17) is 4.74 Å². The SMILES string of the molecule is O=C(Nc1ccccc1N1CCOCC1)c1cc(NC2CC2)ncn1. The molecular weight excluding hydrogens is 318 g/mol. The van der Waals surface area contributed by atoms with Gasteiger partial charge < -0.3 is 20.3 Å². The van der Waals surface area contributed by atoms with E-state index in [1.54, 1.807) is 6.07 Å². The van der Waals surface area contributed by atoms with Crippen molar-refractivity contribution in [2.45, 2.75) is 18.9 Å². The highest BCUT2D eigenvalue weighted by Crippen LogP contribution is 2.27. The molecule has 0 atom stereocenters. The zero-order valence-corrected chi connectivity index (χ0v) is 13.9. The topological polar surface area (TPSA) is 79.4 Å². The zero-order valence-electron chi connectivity index (χ0n) is 13.9. The number of rotatable bonds is 5. The Labute approximate surface area is 146 Å². The van der Waals surface area contributed by atoms with Crippen LogP contribution in [0.4, 0.5) is 17.2 Å². The number of aromatic nitrogens is 2. The summed E-state index contributed by atoms with van der Waals surface area (Å²) in [6.45, 7) is 3.03. The summed E-state index contributed by atoms with van der Waals surface area (Å²) in [7, 11) is 0. The summed E-state index contributed by atoms with van der Waals surface area (Å²) in [5, 5.41) is 6.27. The molecule has 1 aliphatic heterocycles. The van der Waals surface area contributed by atoms with Crippen LogP contribution in [0, 0.1) is 0 Å². The van der Waals surface area contributed by atoms with Crippen molar-refractivity contribution in [2.24, 2.45) is 0 Å². The van der Waals surface area contributed by atoms with Crippen LogP contribution in [0.25, 0.3) is 0 Å². The Balaban J connectivity index is 1.50. The fourth-order valence-corrected chi connectivity index (χ4v) is 2.84. The summed E-state index contributed by atoms with van der Waals surface area (Å²) >= 11 is 0. The molecule has 1 amide bonds. The first-order valence-corrected chi connectivity index (χ1v) is 8.61. The Morgan fingerprint density at radius 3 is 2.76 bits per heavy atom. The number of carbonyl (C=O) groups excluding carboxylic acids is 1. The number of ether oxygens (including phenoxy) is 1. The van der Waals surface area contributed by atoms with E-state index >= 15 is 0 Å². The van der Waals surface area contributed by atoms with Gasteiger partial charge in [0.2, 0.25) is 0 Å². The van der Waals surface area contributed by atoms with Crippen molar-refractivity contribution < 1.29 is 9.53 Å². The number of hydrogen-bond donors (Lipinski definition) is 2. The molecule has 0 bridgehead atoms. The number of nitrogens with zero attached hydrogens (tertiary/aromatic N) is 3. The number of amides is 1. The smallest absolute Gasteiger partial charge is 0.274 e. The molecule has 1 saturated heterocycles. The first kappa shape index (κ1) is 15.8. The first-order valence-electron chi connectivity index (χ1n) is 8.61. The Morgan fingerprint density at radius 1 is 1.16 bits per heavy atom. The maximum Gasteiger partial charge on any atom is 0.274 e. The molecule has 1 aliphatic carbocycles. The van der Waals surface area contributed by atoms with Gasteiger partial charge in [-0.2, -0.15) is 0 Å². The molecule has 7 heteroatoms. The van der Waals surface area contributed by atoms with Crippen LogP contribution in [-0.4, -0.2) is 48.2 Å². The van der Waals surface area contributed by atoms with E-state index in [9.17, 15) is 4.79 Å². The fraction of sp³-hybridized carbons (Fsp3) is 0.389. The molecular formula is C18H21N5O2. The molecule has 130 valence electrons. The largest absolute Gasteiger partial charge is 0.378 e. The molecule has 7 nitrogen and oxygen atoms in total. The quantitative estimate of drug-likeness (QED) is 0.869. The van der Waals surface area contributed by atoms with Crippen LogP contribution in [0.15, 0.2) is 36.7 Å². The molecule has 0 radical (unpaired) electrons. The number of nitrogens with one attached hydrogen (secondary N) is 2. The lowest BCUT2D eigenvalue weighted by Crippen LogP contribution is -2.36. The van der Waals surface area contributed by atoms with Crippen molar-refractivity contribution in [3.63, 3.8) is 0 Å². The predicted octanol–water partition coefficient (Wildman–Crippen LogP) is 2.14. The molecule has 1 aromatic carbocycles. The van der Waals surface area contributed by atoms with Crippen LogP contribution in [0.5, 0.6) is 0 Å². The Morgan fingerprint density at radius 2 is 1.96 bits per heavy atom. The second kappa shape index (κ2) is 7.06. The molecule has 2 heterocycles. The van der Waals surface area contributed by atoms with Gasteiger partial charge in [-0.25, -0.2) is 9.97 Å². The van der Waals surface area contributed by atoms with Crippen LogP contribution in [0.2, 0.25) is 0 Å². The molecule has 0 unspecified atom stereocenters. The van der Waals surface area contributed by atoms with E-state index in [2.05, 4.69) is 25.5 Å². The normalized spacial score (nSPS) is 17.2. The summed E-state index contributed by atoms with van der Waals surface area (Å²) in [4.78, 5) is 23.1. The molecule has 1 saturated carbocycles. The Kier molecular flexibility index (Phi) is 4.47. The third kappa shape index (κ3) is 3.88. The average molecular weight is 339 g/mol. The minimum atomic E-state index is -0.234. The second-order valence-corrected chi connectivity index (χ2v) is 6.28. The van der Waals surface area contributed by atoms with Gasteiger partial charge in [0, 0.05) is 25.2 Å². The minimum Gasteiger partial charge on any atom is -0.378 e. The van der Waals surface area contributed by atoms with Crippen molar-refractivity contribution in [1.82, 2.24) is 9.97 Å². The number of carbonyl (C=O) groups is 1. The van der Waals surface area contributed by atoms with E-state index in [0.717, 1.165) is 37.3 Å². The number of benzene rings is 1. The van der Waals surface area contributed by atoms with Gasteiger partial charge in [0.1, 0.15) is 17.8 Å². The highest BCUT2D eigenvalue weighted by Gasteiger charge is 2.22. The zero-order chi connectivity index (χ0) is 17.1. The van der Waals surface area contributed by atoms with Gasteiger partial charge in [-0.05, 0) is 25.0 Å². The van der Waals surface area contributed by atoms with Crippen molar-refractivity contribution in [2.75, 3.05) is 41.8 Å². The number of para-hydroxylation sites is 2. The highest BCUT2D eigenvalue weighted by molar-refractivity contribution is 6.05. The van der Waals surface area contributed by atoms with Crippen LogP contribution >= 0.6 is 0 Å². The monoisotopic (exact) mass is 339 g/mol. The summed E-state index contributed by atoms with van der Waals surface area (Å²) in [6, 6.07) is 10.00. The van der Waals surface area contributed by atoms with Crippen molar-refractivity contribution in [3.05, 3.63) is 42.4 Å². The minimum absolute atomic E-state index is 0.234. The van der Waals surface area contributed by atoms with Crippen LogP contribution in [0.3, 0.4) is 0 Å². The van der Waals surface area contributed by atoms with Gasteiger partial charge >= 0.3 is 0 Å². The van der Waals surface area contributed by atoms with E-state index in [1.807, 2.05) is 24.3 Å². The van der Waals surface area contributed by atoms with Gasteiger partial charge in [-0.3, -0.25) is 4.79 Å². The van der Waals surface area contributed by atoms with Crippen molar-refractivity contribution in [3.8, 4) is 0 Å². The van der Waals surface area contributed by atoms with Crippen LogP contribution in [0.1, 0.15) is 23.3 Å². The molecule has 1 aromatic heterocycles. The van der Waals surface area contributed by atoms with Gasteiger partial charge in [-0.15, -0.1) is 0 Å². The third-order valence-corrected chi connectivity index (χ3v) is 4.33. The van der Waals surface area contributed by atoms with E-state index in [1.165, 1.54) is 6.33 Å². The second-order valence-electron chi connectivity index (χ2n) is 6.28. The molecule has 25 heavy (non-hydrogen) atoms. The van der Waals surface area contributed by atoms with Crippen molar-refractivity contribution >= 4 is 23.1 Å². The summed E-state index contributed by atoms with van der Waals surface area (Å²) in [6.07, 6.45) is 3.73. The lowest BCUT2D eigenvalue weighted by atomic mass is 10.2. The van der Waals surface area contributed by atoms with Gasteiger partial charge in [0.05, 0.1) is 24.6 Å². The van der Waals surface area contributed by atoms with Gasteiger partial charge in [0.15, 0.2) is 0 Å². The molecule has 2 fully saturated rings. The lowest BCUT2D eigenvalue weighted by molar-refractivity contribution is 0.102. The lowest BCUT2D eigenvalue weighted by Gasteiger charge is -2.30. The van der Waals surface area contributed by atoms with Crippen LogP contribution < -0.4 is 15.5 Å². The molecule has 2 N–H and O–H groups in total. The number of anilines is 3. The molecule has 0 spiro atoms. The molecule has 2 aromatic rings. The predicted molar refractivity (Wildman–Crippen MR) is 96.1 cm³/mol.